The zero-order valence-corrected chi connectivity index (χ0v) is 13.3. The molecule has 0 spiro atoms. The summed E-state index contributed by atoms with van der Waals surface area (Å²) in [5.41, 5.74) is 2.99. The monoisotopic (exact) mass is 319 g/mol. The Labute approximate surface area is 135 Å². The number of benzene rings is 1. The van der Waals surface area contributed by atoms with Crippen molar-refractivity contribution in [2.75, 3.05) is 55.3 Å². The highest BCUT2D eigenvalue weighted by Gasteiger charge is 2.13. The molecule has 2 aliphatic rings. The molecule has 6 nitrogen and oxygen atoms in total. The van der Waals surface area contributed by atoms with Gasteiger partial charge in [0.15, 0.2) is 5.11 Å². The summed E-state index contributed by atoms with van der Waals surface area (Å²) in [5.74, 6) is 0.790. The van der Waals surface area contributed by atoms with E-state index in [0.717, 1.165) is 62.3 Å². The van der Waals surface area contributed by atoms with Crippen LogP contribution in [0, 0.1) is 0 Å². The molecule has 118 valence electrons. The minimum atomic E-state index is 0.637. The highest BCUT2D eigenvalue weighted by atomic mass is 32.1. The molecule has 0 bridgehead atoms. The third kappa shape index (κ3) is 3.88. The van der Waals surface area contributed by atoms with Gasteiger partial charge >= 0.3 is 0 Å². The highest BCUT2D eigenvalue weighted by molar-refractivity contribution is 7.80. The number of ether oxygens (including phenoxy) is 1. The van der Waals surface area contributed by atoms with Crippen LogP contribution >= 0.6 is 12.2 Å². The zero-order valence-electron chi connectivity index (χ0n) is 12.4. The van der Waals surface area contributed by atoms with E-state index >= 15 is 0 Å². The number of rotatable bonds is 4. The molecule has 1 saturated heterocycles. The summed E-state index contributed by atoms with van der Waals surface area (Å²) in [6.45, 7) is 9.29. The Morgan fingerprint density at radius 3 is 2.86 bits per heavy atom. The standard InChI is InChI=1S/C15H21N5OS/c1-11-17-13-3-2-12(10-14(13)18-11)19-15(22)16-4-5-20-6-8-21-9-7-20/h2-3,10,17-18H,1,4-9H2,(H2,16,19,22). The van der Waals surface area contributed by atoms with Crippen molar-refractivity contribution in [3.63, 3.8) is 0 Å². The van der Waals surface area contributed by atoms with Crippen molar-refractivity contribution in [1.82, 2.24) is 10.2 Å². The van der Waals surface area contributed by atoms with Crippen molar-refractivity contribution >= 4 is 34.4 Å². The van der Waals surface area contributed by atoms with Crippen LogP contribution < -0.4 is 21.3 Å². The number of anilines is 3. The van der Waals surface area contributed by atoms with Gasteiger partial charge in [0.25, 0.3) is 0 Å². The van der Waals surface area contributed by atoms with Crippen molar-refractivity contribution in [2.24, 2.45) is 0 Å². The number of hydrogen-bond donors (Lipinski definition) is 4. The van der Waals surface area contributed by atoms with Gasteiger partial charge in [0.2, 0.25) is 0 Å². The lowest BCUT2D eigenvalue weighted by atomic mass is 10.2. The van der Waals surface area contributed by atoms with E-state index < -0.39 is 0 Å². The number of fused-ring (bicyclic) bond motifs is 1. The van der Waals surface area contributed by atoms with E-state index in [0.29, 0.717) is 5.11 Å². The second-order valence-electron chi connectivity index (χ2n) is 5.32. The molecule has 2 heterocycles. The third-order valence-electron chi connectivity index (χ3n) is 3.67. The first-order valence-corrected chi connectivity index (χ1v) is 7.83. The minimum Gasteiger partial charge on any atom is -0.379 e. The lowest BCUT2D eigenvalue weighted by molar-refractivity contribution is 0.0389. The molecule has 7 heteroatoms. The minimum absolute atomic E-state index is 0.637. The maximum absolute atomic E-state index is 5.34. The molecule has 1 aromatic rings. The van der Waals surface area contributed by atoms with Crippen molar-refractivity contribution in [3.05, 3.63) is 30.6 Å². The predicted octanol–water partition coefficient (Wildman–Crippen LogP) is 1.61. The average molecular weight is 319 g/mol. The van der Waals surface area contributed by atoms with Crippen LogP contribution in [-0.2, 0) is 4.74 Å². The molecule has 0 saturated carbocycles. The van der Waals surface area contributed by atoms with Crippen molar-refractivity contribution in [2.45, 2.75) is 0 Å². The molecule has 1 aromatic carbocycles. The highest BCUT2D eigenvalue weighted by Crippen LogP contribution is 2.32. The average Bonchev–Trinajstić information content (AvgIpc) is 2.87. The lowest BCUT2D eigenvalue weighted by Crippen LogP contribution is -2.42. The maximum Gasteiger partial charge on any atom is 0.170 e. The fourth-order valence-corrected chi connectivity index (χ4v) is 2.74. The first kappa shape index (κ1) is 15.1. The van der Waals surface area contributed by atoms with E-state index in [1.807, 2.05) is 18.2 Å². The van der Waals surface area contributed by atoms with Gasteiger partial charge in [-0.1, -0.05) is 6.58 Å². The quantitative estimate of drug-likeness (QED) is 0.629. The van der Waals surface area contributed by atoms with Crippen LogP contribution in [0.1, 0.15) is 0 Å². The molecular weight excluding hydrogens is 298 g/mol. The fraction of sp³-hybridized carbons (Fsp3) is 0.400. The van der Waals surface area contributed by atoms with Crippen molar-refractivity contribution in [1.29, 1.82) is 0 Å². The van der Waals surface area contributed by atoms with Gasteiger partial charge in [0.1, 0.15) is 5.82 Å². The summed E-state index contributed by atoms with van der Waals surface area (Å²) in [6, 6.07) is 6.00. The number of morpholine rings is 1. The molecule has 0 radical (unpaired) electrons. The van der Waals surface area contributed by atoms with Gasteiger partial charge < -0.3 is 26.0 Å². The number of hydrogen-bond acceptors (Lipinski definition) is 5. The summed E-state index contributed by atoms with van der Waals surface area (Å²) in [6.07, 6.45) is 0. The van der Waals surface area contributed by atoms with Crippen LogP contribution in [0.2, 0.25) is 0 Å². The Bertz CT molecular complexity index is 571. The van der Waals surface area contributed by atoms with E-state index in [-0.39, 0.29) is 0 Å². The summed E-state index contributed by atoms with van der Waals surface area (Å²) < 4.78 is 5.33. The number of nitrogens with one attached hydrogen (secondary N) is 4. The SMILES string of the molecule is C=C1Nc2ccc(NC(=S)NCCN3CCOCC3)cc2N1. The van der Waals surface area contributed by atoms with E-state index in [4.69, 9.17) is 17.0 Å². The van der Waals surface area contributed by atoms with Gasteiger partial charge in [0.05, 0.1) is 24.6 Å². The van der Waals surface area contributed by atoms with Crippen LogP contribution in [0.3, 0.4) is 0 Å². The molecule has 0 unspecified atom stereocenters. The molecule has 0 atom stereocenters. The Hall–Kier alpha value is -1.83. The van der Waals surface area contributed by atoms with Crippen LogP contribution in [0.15, 0.2) is 30.6 Å². The molecule has 0 aromatic heterocycles. The van der Waals surface area contributed by atoms with Crippen LogP contribution in [-0.4, -0.2) is 49.4 Å². The van der Waals surface area contributed by atoms with E-state index in [1.54, 1.807) is 0 Å². The second kappa shape index (κ2) is 6.95. The number of nitrogens with zero attached hydrogens (tertiary/aromatic N) is 1. The summed E-state index contributed by atoms with van der Waals surface area (Å²) in [7, 11) is 0. The topological polar surface area (TPSA) is 60.6 Å². The Kier molecular flexibility index (Phi) is 4.77. The maximum atomic E-state index is 5.34. The third-order valence-corrected chi connectivity index (χ3v) is 3.91. The smallest absolute Gasteiger partial charge is 0.170 e. The fourth-order valence-electron chi connectivity index (χ4n) is 2.52. The van der Waals surface area contributed by atoms with Gasteiger partial charge in [-0.05, 0) is 30.4 Å². The van der Waals surface area contributed by atoms with Crippen molar-refractivity contribution in [3.8, 4) is 0 Å². The Balaban J connectivity index is 1.44. The van der Waals surface area contributed by atoms with Gasteiger partial charge in [-0.15, -0.1) is 0 Å². The van der Waals surface area contributed by atoms with Crippen LogP contribution in [0.4, 0.5) is 17.1 Å². The molecule has 1 fully saturated rings. The normalized spacial score (nSPS) is 17.4. The largest absolute Gasteiger partial charge is 0.379 e. The van der Waals surface area contributed by atoms with Crippen LogP contribution in [0.5, 0.6) is 0 Å². The van der Waals surface area contributed by atoms with Gasteiger partial charge in [-0.25, -0.2) is 0 Å². The Morgan fingerprint density at radius 2 is 2.05 bits per heavy atom. The van der Waals surface area contributed by atoms with Gasteiger partial charge in [-0.3, -0.25) is 4.90 Å². The predicted molar refractivity (Wildman–Crippen MR) is 94.3 cm³/mol. The first-order valence-electron chi connectivity index (χ1n) is 7.43. The lowest BCUT2D eigenvalue weighted by Gasteiger charge is -2.26. The second-order valence-corrected chi connectivity index (χ2v) is 5.73. The van der Waals surface area contributed by atoms with Crippen molar-refractivity contribution < 1.29 is 4.74 Å². The summed E-state index contributed by atoms with van der Waals surface area (Å²) >= 11 is 5.34. The molecular formula is C15H21N5OS. The van der Waals surface area contributed by atoms with Crippen LogP contribution in [0.25, 0.3) is 0 Å². The first-order chi connectivity index (χ1) is 10.7. The molecule has 2 aliphatic heterocycles. The molecule has 22 heavy (non-hydrogen) atoms. The van der Waals surface area contributed by atoms with Gasteiger partial charge in [0, 0.05) is 31.9 Å². The zero-order chi connectivity index (χ0) is 15.4. The number of thiocarbonyl (C=S) groups is 1. The molecule has 4 N–H and O–H groups in total. The molecule has 0 amide bonds. The summed E-state index contributed by atoms with van der Waals surface area (Å²) in [4.78, 5) is 2.37. The summed E-state index contributed by atoms with van der Waals surface area (Å²) in [5, 5.41) is 13.4. The van der Waals surface area contributed by atoms with E-state index in [9.17, 15) is 0 Å². The molecule has 3 rings (SSSR count). The Morgan fingerprint density at radius 1 is 1.27 bits per heavy atom. The van der Waals surface area contributed by atoms with E-state index in [1.165, 1.54) is 0 Å². The molecule has 0 aliphatic carbocycles. The van der Waals surface area contributed by atoms with E-state index in [2.05, 4.69) is 32.7 Å². The van der Waals surface area contributed by atoms with Gasteiger partial charge in [-0.2, -0.15) is 0 Å².